The SMILES string of the molecule is C.CC(C)(C)C=P(c1ccccc1)(c1ccccc1)c1ccccc1.CC(C)(C)OC(=O)/C=C/c1ccc(Br)c(F)c1.O=C=O.O=Cc1ccc(Br)c(F)c1. The lowest BCUT2D eigenvalue weighted by Gasteiger charge is -2.32. The van der Waals surface area contributed by atoms with Crippen LogP contribution in [0.4, 0.5) is 8.78 Å². The molecule has 0 fully saturated rings. The fourth-order valence-corrected chi connectivity index (χ4v) is 9.87. The van der Waals surface area contributed by atoms with Gasteiger partial charge in [0.2, 0.25) is 0 Å². The Morgan fingerprint density at radius 1 is 0.655 bits per heavy atom. The molecule has 0 saturated heterocycles. The Morgan fingerprint density at radius 2 is 1.02 bits per heavy atom. The summed E-state index contributed by atoms with van der Waals surface area (Å²) in [4.78, 5) is 37.7. The van der Waals surface area contributed by atoms with E-state index in [2.05, 4.69) is 149 Å². The highest BCUT2D eigenvalue weighted by Crippen LogP contribution is 2.46. The van der Waals surface area contributed by atoms with Crippen LogP contribution >= 0.6 is 38.7 Å². The van der Waals surface area contributed by atoms with Crippen molar-refractivity contribution < 1.29 is 32.7 Å². The van der Waals surface area contributed by atoms with Crippen molar-refractivity contribution in [1.29, 1.82) is 0 Å². The predicted molar refractivity (Wildman–Crippen MR) is 231 cm³/mol. The van der Waals surface area contributed by atoms with Gasteiger partial charge >= 0.3 is 12.1 Å². The van der Waals surface area contributed by atoms with Crippen LogP contribution in [0.5, 0.6) is 0 Å². The van der Waals surface area contributed by atoms with Crippen LogP contribution in [0.25, 0.3) is 6.08 Å². The van der Waals surface area contributed by atoms with Crippen molar-refractivity contribution in [3.63, 3.8) is 0 Å². The van der Waals surface area contributed by atoms with Gasteiger partial charge in [-0.25, -0.2) is 13.6 Å². The Kier molecular flexibility index (Phi) is 20.6. The maximum atomic E-state index is 13.2. The number of rotatable bonds is 6. The standard InChI is InChI=1S/C23H25P.C13H14BrFO2.C7H4BrFO.CO2.CH4/c1-23(2,3)19-24(20-13-7-4-8-14-20,21-15-9-5-10-16-21)22-17-11-6-12-18-22;1-13(2,3)17-12(16)7-5-9-4-6-10(14)11(15)8-9;8-6-2-1-5(4-10)3-7(6)9;2-1-3;/h4-19H,1-3H3;4-8H,1-3H3;1-4H;;1H4/b;7-5+;;;. The summed E-state index contributed by atoms with van der Waals surface area (Å²) in [6.07, 6.45) is 3.66. The largest absolute Gasteiger partial charge is 0.457 e. The van der Waals surface area contributed by atoms with Crippen LogP contribution in [0.1, 0.15) is 64.9 Å². The van der Waals surface area contributed by atoms with Crippen LogP contribution in [-0.4, -0.2) is 29.8 Å². The fourth-order valence-electron chi connectivity index (χ4n) is 4.94. The third-order valence-electron chi connectivity index (χ3n) is 6.91. The second kappa shape index (κ2) is 23.4. The second-order valence-corrected chi connectivity index (χ2v) is 18.6. The van der Waals surface area contributed by atoms with Crippen molar-refractivity contribution in [1.82, 2.24) is 0 Å². The summed E-state index contributed by atoms with van der Waals surface area (Å²) in [5, 5.41) is 4.24. The number of ether oxygens (including phenoxy) is 1. The first-order valence-electron chi connectivity index (χ1n) is 16.6. The molecule has 290 valence electrons. The van der Waals surface area contributed by atoms with Crippen LogP contribution in [0.15, 0.2) is 142 Å². The Balaban J connectivity index is 0.000000425. The molecule has 0 heterocycles. The highest BCUT2D eigenvalue weighted by Gasteiger charge is 2.27. The van der Waals surface area contributed by atoms with Gasteiger partial charge in [-0.3, -0.25) is 4.79 Å². The zero-order valence-corrected chi connectivity index (χ0v) is 35.0. The Bertz CT molecular complexity index is 1960. The lowest BCUT2D eigenvalue weighted by Crippen LogP contribution is -2.29. The molecule has 0 amide bonds. The molecule has 10 heteroatoms. The number of benzene rings is 5. The Labute approximate surface area is 341 Å². The molecular weight excluding hydrogens is 849 g/mol. The third kappa shape index (κ3) is 16.8. The highest BCUT2D eigenvalue weighted by atomic mass is 79.9. The van der Waals surface area contributed by atoms with E-state index in [1.54, 1.807) is 39.0 Å². The minimum absolute atomic E-state index is 0. The summed E-state index contributed by atoms with van der Waals surface area (Å²) >= 11 is 6.03. The maximum Gasteiger partial charge on any atom is 0.373 e. The number of hydrogen-bond acceptors (Lipinski definition) is 5. The van der Waals surface area contributed by atoms with Gasteiger partial charge in [0.25, 0.3) is 0 Å². The van der Waals surface area contributed by atoms with Gasteiger partial charge in [0.05, 0.1) is 8.95 Å². The van der Waals surface area contributed by atoms with Gasteiger partial charge in [-0.05, 0) is 117 Å². The minimum atomic E-state index is -1.80. The molecule has 55 heavy (non-hydrogen) atoms. The topological polar surface area (TPSA) is 77.5 Å². The number of carbonyl (C=O) groups is 2. The van der Waals surface area contributed by atoms with Crippen molar-refractivity contribution in [2.24, 2.45) is 5.41 Å². The number of aldehydes is 1. The molecule has 0 radical (unpaired) electrons. The van der Waals surface area contributed by atoms with E-state index in [1.165, 1.54) is 46.3 Å². The summed E-state index contributed by atoms with van der Waals surface area (Å²) in [5.41, 5.74) is 0.555. The zero-order valence-electron chi connectivity index (χ0n) is 30.9. The molecule has 5 aromatic rings. The van der Waals surface area contributed by atoms with Crippen LogP contribution in [0, 0.1) is 17.0 Å². The number of carbonyl (C=O) groups excluding carboxylic acids is 4. The monoisotopic (exact) mass is 894 g/mol. The number of esters is 1. The predicted octanol–water partition coefficient (Wildman–Crippen LogP) is 11.2. The molecule has 0 atom stereocenters. The van der Waals surface area contributed by atoms with E-state index in [0.29, 0.717) is 26.4 Å². The quantitative estimate of drug-likeness (QED) is 0.0734. The summed E-state index contributed by atoms with van der Waals surface area (Å²) < 4.78 is 31.6. The van der Waals surface area contributed by atoms with Crippen LogP contribution < -0.4 is 15.9 Å². The molecule has 0 N–H and O–H groups in total. The van der Waals surface area contributed by atoms with Crippen LogP contribution in [0.2, 0.25) is 0 Å². The zero-order chi connectivity index (χ0) is 40.4. The molecule has 0 aromatic heterocycles. The molecular formula is C45H47Br2F2O5P. The first-order chi connectivity index (χ1) is 25.4. The van der Waals surface area contributed by atoms with Crippen molar-refractivity contribution in [3.8, 4) is 0 Å². The fraction of sp³-hybridized carbons (Fsp3) is 0.200. The molecule has 0 aliphatic carbocycles. The first kappa shape index (κ1) is 48.5. The number of hydrogen-bond donors (Lipinski definition) is 0. The molecule has 0 bridgehead atoms. The summed E-state index contributed by atoms with van der Waals surface area (Å²) in [7, 11) is 0. The summed E-state index contributed by atoms with van der Waals surface area (Å²) in [5.74, 6) is 1.38. The Hall–Kier alpha value is -4.52. The van der Waals surface area contributed by atoms with E-state index in [9.17, 15) is 18.4 Å². The molecule has 0 saturated carbocycles. The molecule has 5 aromatic carbocycles. The minimum Gasteiger partial charge on any atom is -0.457 e. The third-order valence-corrected chi connectivity index (χ3v) is 12.7. The van der Waals surface area contributed by atoms with Gasteiger partial charge in [-0.2, -0.15) is 9.59 Å². The molecule has 5 nitrogen and oxygen atoms in total. The smallest absolute Gasteiger partial charge is 0.373 e. The van der Waals surface area contributed by atoms with Crippen molar-refractivity contribution in [2.75, 3.05) is 0 Å². The van der Waals surface area contributed by atoms with Crippen molar-refractivity contribution in [3.05, 3.63) is 165 Å². The normalized spacial score (nSPS) is 10.7. The lowest BCUT2D eigenvalue weighted by atomic mass is 10.0. The van der Waals surface area contributed by atoms with E-state index < -0.39 is 24.3 Å². The molecule has 0 spiro atoms. The van der Waals surface area contributed by atoms with Crippen LogP contribution in [0.3, 0.4) is 0 Å². The van der Waals surface area contributed by atoms with E-state index >= 15 is 0 Å². The van der Waals surface area contributed by atoms with Gasteiger partial charge in [-0.15, -0.1) is 0 Å². The van der Waals surface area contributed by atoms with E-state index in [1.807, 2.05) is 0 Å². The van der Waals surface area contributed by atoms with E-state index in [-0.39, 0.29) is 24.8 Å². The van der Waals surface area contributed by atoms with Gasteiger partial charge < -0.3 is 4.74 Å². The van der Waals surface area contributed by atoms with Gasteiger partial charge in [0.15, 0.2) is 0 Å². The number of halogens is 4. The summed E-state index contributed by atoms with van der Waals surface area (Å²) in [6.45, 7) is 10.5. The highest BCUT2D eigenvalue weighted by molar-refractivity contribution is 9.10. The van der Waals surface area contributed by atoms with Gasteiger partial charge in [0, 0.05) is 11.6 Å². The first-order valence-corrected chi connectivity index (χ1v) is 20.1. The average molecular weight is 897 g/mol. The molecule has 0 aliphatic heterocycles. The van der Waals surface area contributed by atoms with Gasteiger partial charge in [0.1, 0.15) is 23.5 Å². The van der Waals surface area contributed by atoms with Crippen molar-refractivity contribution in [2.45, 2.75) is 54.6 Å². The summed E-state index contributed by atoms with van der Waals surface area (Å²) in [6, 6.07) is 41.8. The molecule has 5 rings (SSSR count). The average Bonchev–Trinajstić information content (AvgIpc) is 3.13. The van der Waals surface area contributed by atoms with Crippen molar-refractivity contribution >= 4 is 84.9 Å². The van der Waals surface area contributed by atoms with Gasteiger partial charge in [-0.1, -0.05) is 137 Å². The van der Waals surface area contributed by atoms with E-state index in [4.69, 9.17) is 14.3 Å². The maximum absolute atomic E-state index is 13.2. The molecule has 0 unspecified atom stereocenters. The van der Waals surface area contributed by atoms with E-state index in [0.717, 1.165) is 0 Å². The Morgan fingerprint density at radius 3 is 1.35 bits per heavy atom. The second-order valence-electron chi connectivity index (χ2n) is 13.6. The van der Waals surface area contributed by atoms with Crippen LogP contribution in [-0.2, 0) is 19.1 Å². The molecule has 0 aliphatic rings. The lowest BCUT2D eigenvalue weighted by molar-refractivity contribution is -0.191.